The van der Waals surface area contributed by atoms with Crippen LogP contribution in [0.1, 0.15) is 26.4 Å². The minimum Gasteiger partial charge on any atom is -0.493 e. The molecule has 1 fully saturated rings. The zero-order chi connectivity index (χ0) is 22.5. The number of ether oxygens (including phenoxy) is 2. The lowest BCUT2D eigenvalue weighted by Crippen LogP contribution is -2.48. The van der Waals surface area contributed by atoms with Crippen molar-refractivity contribution in [1.82, 2.24) is 9.80 Å². The van der Waals surface area contributed by atoms with E-state index in [1.54, 1.807) is 7.11 Å². The Hall–Kier alpha value is -2.35. The van der Waals surface area contributed by atoms with Gasteiger partial charge in [0.1, 0.15) is 6.61 Å². The molecule has 0 spiro atoms. The molecule has 1 saturated heterocycles. The summed E-state index contributed by atoms with van der Waals surface area (Å²) in [4.78, 5) is 18.1. The highest BCUT2D eigenvalue weighted by atomic mass is 79.9. The Morgan fingerprint density at radius 3 is 2.59 bits per heavy atom. The van der Waals surface area contributed by atoms with Gasteiger partial charge >= 0.3 is 0 Å². The van der Waals surface area contributed by atoms with E-state index >= 15 is 0 Å². The van der Waals surface area contributed by atoms with Crippen molar-refractivity contribution in [1.29, 1.82) is 0 Å². The molecule has 7 heteroatoms. The molecule has 2 aromatic carbocycles. The van der Waals surface area contributed by atoms with E-state index in [2.05, 4.69) is 39.0 Å². The summed E-state index contributed by atoms with van der Waals surface area (Å²) in [7, 11) is 1.64. The number of methoxy groups -OCH3 is 1. The number of aryl methyl sites for hydroxylation is 1. The Balaban J connectivity index is 1.29. The van der Waals surface area contributed by atoms with Gasteiger partial charge in [-0.1, -0.05) is 34.1 Å². The van der Waals surface area contributed by atoms with Crippen molar-refractivity contribution in [3.63, 3.8) is 0 Å². The molecule has 168 valence electrons. The monoisotopic (exact) mass is 514 g/mol. The number of piperazine rings is 1. The molecule has 4 rings (SSSR count). The molecule has 0 bridgehead atoms. The van der Waals surface area contributed by atoms with Crippen molar-refractivity contribution in [3.05, 3.63) is 80.0 Å². The van der Waals surface area contributed by atoms with E-state index in [9.17, 15) is 4.79 Å². The van der Waals surface area contributed by atoms with Crippen LogP contribution in [-0.2, 0) is 13.2 Å². The van der Waals surface area contributed by atoms with E-state index in [4.69, 9.17) is 9.47 Å². The lowest BCUT2D eigenvalue weighted by molar-refractivity contribution is 0.0633. The van der Waals surface area contributed by atoms with Gasteiger partial charge in [-0.05, 0) is 53.8 Å². The number of halogens is 1. The number of benzene rings is 2. The number of carbonyl (C=O) groups is 1. The van der Waals surface area contributed by atoms with Gasteiger partial charge in [-0.2, -0.15) is 0 Å². The second kappa shape index (κ2) is 10.5. The maximum absolute atomic E-state index is 13.0. The van der Waals surface area contributed by atoms with Crippen LogP contribution in [0.4, 0.5) is 0 Å². The zero-order valence-electron chi connectivity index (χ0n) is 18.3. The molecule has 0 N–H and O–H groups in total. The summed E-state index contributed by atoms with van der Waals surface area (Å²) in [6, 6.07) is 16.2. The van der Waals surface area contributed by atoms with E-state index in [1.807, 2.05) is 47.5 Å². The van der Waals surface area contributed by atoms with Crippen LogP contribution in [0.2, 0.25) is 0 Å². The number of thiophene rings is 1. The number of rotatable bonds is 7. The number of nitrogens with zero attached hydrogens (tertiary/aromatic N) is 2. The number of hydrogen-bond donors (Lipinski definition) is 0. The van der Waals surface area contributed by atoms with E-state index in [-0.39, 0.29) is 5.91 Å². The third-order valence-electron chi connectivity index (χ3n) is 5.53. The van der Waals surface area contributed by atoms with Gasteiger partial charge in [-0.25, -0.2) is 0 Å². The lowest BCUT2D eigenvalue weighted by Gasteiger charge is -2.34. The summed E-state index contributed by atoms with van der Waals surface area (Å²) in [5.74, 6) is 1.53. The smallest absolute Gasteiger partial charge is 0.264 e. The molecule has 1 aliphatic heterocycles. The number of hydrogen-bond acceptors (Lipinski definition) is 5. The van der Waals surface area contributed by atoms with Crippen LogP contribution in [0, 0.1) is 6.92 Å². The highest BCUT2D eigenvalue weighted by Crippen LogP contribution is 2.29. The summed E-state index contributed by atoms with van der Waals surface area (Å²) in [5.41, 5.74) is 3.40. The van der Waals surface area contributed by atoms with Crippen molar-refractivity contribution >= 4 is 33.2 Å². The Bertz CT molecular complexity index is 1080. The second-order valence-electron chi connectivity index (χ2n) is 7.96. The van der Waals surface area contributed by atoms with Gasteiger partial charge < -0.3 is 14.4 Å². The average Bonchev–Trinajstić information content (AvgIpc) is 3.27. The summed E-state index contributed by atoms with van der Waals surface area (Å²) in [5, 5.41) is 2.00. The molecule has 1 amide bonds. The van der Waals surface area contributed by atoms with Gasteiger partial charge in [0.05, 0.1) is 12.0 Å². The van der Waals surface area contributed by atoms with Gasteiger partial charge in [0.15, 0.2) is 11.5 Å². The molecule has 0 atom stereocenters. The molecule has 5 nitrogen and oxygen atoms in total. The highest BCUT2D eigenvalue weighted by molar-refractivity contribution is 9.10. The molecule has 0 radical (unpaired) electrons. The van der Waals surface area contributed by atoms with Crippen molar-refractivity contribution in [3.8, 4) is 11.5 Å². The van der Waals surface area contributed by atoms with E-state index in [0.29, 0.717) is 12.4 Å². The number of amides is 1. The third kappa shape index (κ3) is 5.71. The van der Waals surface area contributed by atoms with Crippen LogP contribution < -0.4 is 9.47 Å². The van der Waals surface area contributed by atoms with E-state index in [1.165, 1.54) is 16.9 Å². The normalized spacial score (nSPS) is 14.4. The minimum atomic E-state index is 0.108. The van der Waals surface area contributed by atoms with Crippen LogP contribution in [-0.4, -0.2) is 49.0 Å². The quantitative estimate of drug-likeness (QED) is 0.425. The van der Waals surface area contributed by atoms with E-state index in [0.717, 1.165) is 59.0 Å². The van der Waals surface area contributed by atoms with Crippen LogP contribution in [0.25, 0.3) is 0 Å². The number of carbonyl (C=O) groups excluding carboxylic acids is 1. The molecule has 3 aromatic rings. The Labute approximate surface area is 201 Å². The van der Waals surface area contributed by atoms with Crippen molar-refractivity contribution in [2.45, 2.75) is 20.1 Å². The Morgan fingerprint density at radius 2 is 1.84 bits per heavy atom. The first-order valence-corrected chi connectivity index (χ1v) is 12.3. The van der Waals surface area contributed by atoms with Crippen LogP contribution in [0.5, 0.6) is 11.5 Å². The van der Waals surface area contributed by atoms with Gasteiger partial charge in [-0.15, -0.1) is 11.3 Å². The van der Waals surface area contributed by atoms with Crippen LogP contribution in [0.3, 0.4) is 0 Å². The van der Waals surface area contributed by atoms with Gasteiger partial charge in [-0.3, -0.25) is 9.69 Å². The maximum Gasteiger partial charge on any atom is 0.264 e. The minimum absolute atomic E-state index is 0.108. The fourth-order valence-corrected chi connectivity index (χ4v) is 5.09. The summed E-state index contributed by atoms with van der Waals surface area (Å²) in [6.07, 6.45) is 0. The molecular formula is C25H27BrN2O3S. The Morgan fingerprint density at radius 1 is 1.03 bits per heavy atom. The largest absolute Gasteiger partial charge is 0.493 e. The zero-order valence-corrected chi connectivity index (χ0v) is 20.7. The molecule has 2 heterocycles. The van der Waals surface area contributed by atoms with Crippen molar-refractivity contribution in [2.75, 3.05) is 33.3 Å². The maximum atomic E-state index is 13.0. The first-order valence-electron chi connectivity index (χ1n) is 10.6. The molecule has 1 aromatic heterocycles. The average molecular weight is 515 g/mol. The molecule has 0 saturated carbocycles. The molecular weight excluding hydrogens is 488 g/mol. The van der Waals surface area contributed by atoms with Gasteiger partial charge in [0.2, 0.25) is 0 Å². The standard InChI is InChI=1S/C25H27BrN2O3S/c1-18-6-7-22(23(12-18)30-2)31-16-20-14-24(32-17-20)25(29)28-10-8-27(9-11-28)15-19-4-3-5-21(26)13-19/h3-7,12-14,17H,8-11,15-16H2,1-2H3. The second-order valence-corrected chi connectivity index (χ2v) is 9.79. The lowest BCUT2D eigenvalue weighted by atomic mass is 10.2. The fourth-order valence-electron chi connectivity index (χ4n) is 3.78. The molecule has 0 unspecified atom stereocenters. The van der Waals surface area contributed by atoms with Gasteiger partial charge in [0, 0.05) is 42.8 Å². The third-order valence-corrected chi connectivity index (χ3v) is 6.99. The fraction of sp³-hybridized carbons (Fsp3) is 0.320. The van der Waals surface area contributed by atoms with Crippen LogP contribution in [0.15, 0.2) is 58.4 Å². The summed E-state index contributed by atoms with van der Waals surface area (Å²) >= 11 is 5.01. The summed E-state index contributed by atoms with van der Waals surface area (Å²) in [6.45, 7) is 6.59. The van der Waals surface area contributed by atoms with Gasteiger partial charge in [0.25, 0.3) is 5.91 Å². The van der Waals surface area contributed by atoms with Crippen molar-refractivity contribution < 1.29 is 14.3 Å². The SMILES string of the molecule is COc1cc(C)ccc1OCc1csc(C(=O)N2CCN(Cc3cccc(Br)c3)CC2)c1. The molecule has 0 aliphatic carbocycles. The predicted octanol–water partition coefficient (Wildman–Crippen LogP) is 5.36. The molecule has 1 aliphatic rings. The predicted molar refractivity (Wildman–Crippen MR) is 132 cm³/mol. The van der Waals surface area contributed by atoms with Crippen LogP contribution >= 0.6 is 27.3 Å². The first-order chi connectivity index (χ1) is 15.5. The summed E-state index contributed by atoms with van der Waals surface area (Å²) < 4.78 is 12.4. The first kappa shape index (κ1) is 22.8. The highest BCUT2D eigenvalue weighted by Gasteiger charge is 2.23. The van der Waals surface area contributed by atoms with E-state index < -0.39 is 0 Å². The molecule has 32 heavy (non-hydrogen) atoms. The topological polar surface area (TPSA) is 42.0 Å². The Kier molecular flexibility index (Phi) is 7.50. The van der Waals surface area contributed by atoms with Crippen molar-refractivity contribution in [2.24, 2.45) is 0 Å².